The van der Waals surface area contributed by atoms with Crippen molar-refractivity contribution in [2.45, 2.75) is 26.2 Å². The Balaban J connectivity index is 1.64. The van der Waals surface area contributed by atoms with Crippen LogP contribution in [0.25, 0.3) is 16.8 Å². The predicted molar refractivity (Wildman–Crippen MR) is 129 cm³/mol. The molecule has 3 aromatic rings. The number of hydrogen-bond acceptors (Lipinski definition) is 6. The summed E-state index contributed by atoms with van der Waals surface area (Å²) in [5.74, 6) is 3.48. The van der Waals surface area contributed by atoms with Gasteiger partial charge in [0.15, 0.2) is 0 Å². The van der Waals surface area contributed by atoms with Crippen LogP contribution in [0.15, 0.2) is 30.3 Å². The zero-order valence-electron chi connectivity index (χ0n) is 20.0. The van der Waals surface area contributed by atoms with Crippen LogP contribution in [0, 0.1) is 18.8 Å². The van der Waals surface area contributed by atoms with Crippen LogP contribution in [-0.4, -0.2) is 57.2 Å². The summed E-state index contributed by atoms with van der Waals surface area (Å²) in [7, 11) is 5.06. The molecule has 7 nitrogen and oxygen atoms in total. The van der Waals surface area contributed by atoms with Crippen molar-refractivity contribution in [1.82, 2.24) is 9.61 Å². The fourth-order valence-electron chi connectivity index (χ4n) is 4.90. The number of benzene rings is 1. The molecule has 0 bridgehead atoms. The summed E-state index contributed by atoms with van der Waals surface area (Å²) in [6, 6.07) is 10.2. The Kier molecular flexibility index (Phi) is 6.06. The van der Waals surface area contributed by atoms with Gasteiger partial charge < -0.3 is 23.8 Å². The monoisotopic (exact) mass is 451 g/mol. The summed E-state index contributed by atoms with van der Waals surface area (Å²) in [5.41, 5.74) is 5.14. The molecule has 2 fully saturated rings. The van der Waals surface area contributed by atoms with Crippen LogP contribution in [0.1, 0.15) is 24.8 Å². The molecule has 1 atom stereocenters. The van der Waals surface area contributed by atoms with Crippen molar-refractivity contribution in [3.63, 3.8) is 0 Å². The fraction of sp³-hybridized carbons (Fsp3) is 0.500. The van der Waals surface area contributed by atoms with Crippen LogP contribution < -0.4 is 19.1 Å². The molecule has 2 aliphatic rings. The Labute approximate surface area is 195 Å². The molecule has 1 saturated heterocycles. The van der Waals surface area contributed by atoms with Gasteiger partial charge in [-0.1, -0.05) is 6.07 Å². The van der Waals surface area contributed by atoms with Crippen molar-refractivity contribution in [2.24, 2.45) is 11.8 Å². The van der Waals surface area contributed by atoms with Crippen LogP contribution in [0.3, 0.4) is 0 Å². The summed E-state index contributed by atoms with van der Waals surface area (Å²) in [5, 5.41) is 4.92. The van der Waals surface area contributed by atoms with E-state index in [-0.39, 0.29) is 0 Å². The van der Waals surface area contributed by atoms with E-state index >= 15 is 0 Å². The van der Waals surface area contributed by atoms with E-state index in [4.69, 9.17) is 24.0 Å². The van der Waals surface area contributed by atoms with E-state index in [1.165, 1.54) is 12.8 Å². The van der Waals surface area contributed by atoms with Gasteiger partial charge in [-0.25, -0.2) is 4.52 Å². The molecule has 3 heterocycles. The molecule has 1 aliphatic heterocycles. The van der Waals surface area contributed by atoms with Crippen LogP contribution in [-0.2, 0) is 4.74 Å². The number of fused-ring (bicyclic) bond motifs is 1. The van der Waals surface area contributed by atoms with Gasteiger partial charge in [-0.3, -0.25) is 0 Å². The van der Waals surface area contributed by atoms with Gasteiger partial charge in [0.1, 0.15) is 17.2 Å². The highest BCUT2D eigenvalue weighted by molar-refractivity contribution is 5.83. The first-order valence-electron chi connectivity index (χ1n) is 11.7. The fourth-order valence-corrected chi connectivity index (χ4v) is 4.90. The number of rotatable bonds is 9. The molecule has 1 aromatic carbocycles. The number of ether oxygens (including phenoxy) is 4. The number of hydrogen-bond donors (Lipinski definition) is 0. The third-order valence-electron chi connectivity index (χ3n) is 6.77. The van der Waals surface area contributed by atoms with E-state index in [0.717, 1.165) is 78.2 Å². The van der Waals surface area contributed by atoms with Crippen LogP contribution >= 0.6 is 0 Å². The van der Waals surface area contributed by atoms with Gasteiger partial charge in [0, 0.05) is 37.2 Å². The highest BCUT2D eigenvalue weighted by atomic mass is 16.5. The topological polar surface area (TPSA) is 57.5 Å². The Bertz CT molecular complexity index is 1130. The van der Waals surface area contributed by atoms with Crippen LogP contribution in [0.2, 0.25) is 0 Å². The molecule has 7 heteroatoms. The van der Waals surface area contributed by atoms with E-state index in [9.17, 15) is 0 Å². The molecular formula is C26H33N3O4. The van der Waals surface area contributed by atoms with Crippen LogP contribution in [0.5, 0.6) is 17.4 Å². The number of aromatic nitrogens is 2. The standard InChI is InChI=1S/C26H33N3O4/c1-17-12-20(30-2)13-23(31-3)24(17)21-6-5-7-22-25(26(32-4)27-29(21)22)28(14-18-8-9-18)15-19-10-11-33-16-19/h5-7,12-13,18-19H,8-11,14-16H2,1-4H3. The lowest BCUT2D eigenvalue weighted by molar-refractivity contribution is 0.186. The zero-order chi connectivity index (χ0) is 22.9. The van der Waals surface area contributed by atoms with Crippen molar-refractivity contribution in [3.05, 3.63) is 35.9 Å². The lowest BCUT2D eigenvalue weighted by Crippen LogP contribution is -2.32. The van der Waals surface area contributed by atoms with E-state index in [1.54, 1.807) is 21.3 Å². The Hall–Kier alpha value is -2.93. The third-order valence-corrected chi connectivity index (χ3v) is 6.77. The van der Waals surface area contributed by atoms with E-state index in [0.29, 0.717) is 11.8 Å². The van der Waals surface area contributed by atoms with Gasteiger partial charge in [-0.15, -0.1) is 5.10 Å². The molecule has 0 N–H and O–H groups in total. The Morgan fingerprint density at radius 3 is 2.52 bits per heavy atom. The molecule has 176 valence electrons. The maximum absolute atomic E-state index is 5.84. The molecule has 1 aliphatic carbocycles. The van der Waals surface area contributed by atoms with Gasteiger partial charge >= 0.3 is 0 Å². The minimum atomic E-state index is 0.538. The highest BCUT2D eigenvalue weighted by Crippen LogP contribution is 2.42. The van der Waals surface area contributed by atoms with Gasteiger partial charge in [0.25, 0.3) is 5.88 Å². The van der Waals surface area contributed by atoms with Crippen molar-refractivity contribution < 1.29 is 18.9 Å². The van der Waals surface area contributed by atoms with Crippen molar-refractivity contribution in [2.75, 3.05) is 52.5 Å². The molecular weight excluding hydrogens is 418 g/mol. The Morgan fingerprint density at radius 1 is 1.03 bits per heavy atom. The maximum Gasteiger partial charge on any atom is 0.257 e. The molecule has 33 heavy (non-hydrogen) atoms. The van der Waals surface area contributed by atoms with Gasteiger partial charge in [0.2, 0.25) is 0 Å². The summed E-state index contributed by atoms with van der Waals surface area (Å²) in [6.45, 7) is 5.75. The molecule has 0 amide bonds. The number of aryl methyl sites for hydroxylation is 1. The minimum absolute atomic E-state index is 0.538. The lowest BCUT2D eigenvalue weighted by Gasteiger charge is -2.27. The molecule has 5 rings (SSSR count). The second kappa shape index (κ2) is 9.14. The molecule has 1 saturated carbocycles. The first-order valence-corrected chi connectivity index (χ1v) is 11.7. The number of methoxy groups -OCH3 is 3. The van der Waals surface area contributed by atoms with Gasteiger partial charge in [0.05, 0.1) is 39.1 Å². The summed E-state index contributed by atoms with van der Waals surface area (Å²) >= 11 is 0. The molecule has 2 aromatic heterocycles. The maximum atomic E-state index is 5.84. The average molecular weight is 452 g/mol. The van der Waals surface area contributed by atoms with Gasteiger partial charge in [-0.2, -0.15) is 0 Å². The summed E-state index contributed by atoms with van der Waals surface area (Å²) < 4.78 is 24.7. The second-order valence-corrected chi connectivity index (χ2v) is 9.17. The first-order chi connectivity index (χ1) is 16.1. The van der Waals surface area contributed by atoms with Gasteiger partial charge in [-0.05, 0) is 55.9 Å². The minimum Gasteiger partial charge on any atom is -0.497 e. The van der Waals surface area contributed by atoms with E-state index in [2.05, 4.69) is 30.0 Å². The van der Waals surface area contributed by atoms with Crippen LogP contribution in [0.4, 0.5) is 5.69 Å². The second-order valence-electron chi connectivity index (χ2n) is 9.17. The lowest BCUT2D eigenvalue weighted by atomic mass is 10.0. The third kappa shape index (κ3) is 4.22. The first kappa shape index (κ1) is 21.9. The number of nitrogens with zero attached hydrogens (tertiary/aromatic N) is 3. The van der Waals surface area contributed by atoms with Crippen molar-refractivity contribution in [1.29, 1.82) is 0 Å². The zero-order valence-corrected chi connectivity index (χ0v) is 20.0. The number of pyridine rings is 1. The highest BCUT2D eigenvalue weighted by Gasteiger charge is 2.31. The average Bonchev–Trinajstić information content (AvgIpc) is 3.34. The molecule has 0 radical (unpaired) electrons. The molecule has 1 unspecified atom stereocenters. The van der Waals surface area contributed by atoms with Crippen molar-refractivity contribution in [3.8, 4) is 28.6 Å². The van der Waals surface area contributed by atoms with Crippen molar-refractivity contribution >= 4 is 11.2 Å². The number of anilines is 1. The SMILES string of the molecule is COc1cc(C)c(-c2cccc3c(N(CC4CC4)CC4CCOC4)c(OC)nn23)c(OC)c1. The molecule has 0 spiro atoms. The van der Waals surface area contributed by atoms with E-state index in [1.807, 2.05) is 16.6 Å². The normalized spacial score (nSPS) is 18.0. The quantitative estimate of drug-likeness (QED) is 0.474. The predicted octanol–water partition coefficient (Wildman–Crippen LogP) is 4.59. The summed E-state index contributed by atoms with van der Waals surface area (Å²) in [6.07, 6.45) is 3.70. The summed E-state index contributed by atoms with van der Waals surface area (Å²) in [4.78, 5) is 2.49. The Morgan fingerprint density at radius 2 is 1.85 bits per heavy atom. The largest absolute Gasteiger partial charge is 0.497 e. The smallest absolute Gasteiger partial charge is 0.257 e. The van der Waals surface area contributed by atoms with E-state index < -0.39 is 0 Å².